The van der Waals surface area contributed by atoms with Gasteiger partial charge >= 0.3 is 0 Å². The van der Waals surface area contributed by atoms with E-state index in [4.69, 9.17) is 9.47 Å². The van der Waals surface area contributed by atoms with Crippen LogP contribution in [0.5, 0.6) is 5.75 Å². The predicted octanol–water partition coefficient (Wildman–Crippen LogP) is 7.57. The maximum Gasteiger partial charge on any atom is 0.144 e. The number of methoxy groups -OCH3 is 2. The fraction of sp³-hybridized carbons (Fsp3) is 0.438. The van der Waals surface area contributed by atoms with Crippen molar-refractivity contribution in [2.24, 2.45) is 0 Å². The molecule has 0 aromatic heterocycles. The molecule has 4 nitrogen and oxygen atoms in total. The van der Waals surface area contributed by atoms with Crippen LogP contribution in [0.3, 0.4) is 0 Å². The molecule has 0 fully saturated rings. The van der Waals surface area contributed by atoms with Crippen LogP contribution in [-0.2, 0) is 27.2 Å². The van der Waals surface area contributed by atoms with Crippen LogP contribution in [0.1, 0.15) is 70.4 Å². The van der Waals surface area contributed by atoms with Crippen molar-refractivity contribution >= 4 is 33.1 Å². The van der Waals surface area contributed by atoms with Crippen molar-refractivity contribution in [2.75, 3.05) is 14.2 Å². The van der Waals surface area contributed by atoms with Gasteiger partial charge in [0.25, 0.3) is 0 Å². The van der Waals surface area contributed by atoms with Crippen LogP contribution in [0, 0.1) is 0 Å². The standard InChI is InChI=1S/C32H40O4/c1-6-7-8-9-28(35-4)21-27(34)20-26(33)17-24-13-15-30-31(18-24)29-14-12-23(11-10-22(2)3)16-25(29)19-32(30)36-5/h10,12-16,18-19,28H,6-9,11,17,20-21H2,1-5H3/t28-/m1/s1. The molecular formula is C32H40O4. The SMILES string of the molecule is CCCCC[C@H](CC(=O)CC(=O)Cc1ccc2c(OC)cc3cc(CC=C(C)C)ccc3c2c1)OC. The first-order valence-corrected chi connectivity index (χ1v) is 13.1. The van der Waals surface area contributed by atoms with Gasteiger partial charge in [-0.25, -0.2) is 0 Å². The average Bonchev–Trinajstić information content (AvgIpc) is 2.85. The molecule has 0 heterocycles. The maximum absolute atomic E-state index is 12.8. The molecule has 1 atom stereocenters. The summed E-state index contributed by atoms with van der Waals surface area (Å²) in [5, 5.41) is 4.33. The van der Waals surface area contributed by atoms with E-state index < -0.39 is 0 Å². The smallest absolute Gasteiger partial charge is 0.144 e. The van der Waals surface area contributed by atoms with Crippen LogP contribution in [0.15, 0.2) is 54.1 Å². The fourth-order valence-corrected chi connectivity index (χ4v) is 4.71. The average molecular weight is 489 g/mol. The fourth-order valence-electron chi connectivity index (χ4n) is 4.71. The number of hydrogen-bond acceptors (Lipinski definition) is 4. The Labute approximate surface area is 215 Å². The number of benzene rings is 3. The number of fused-ring (bicyclic) bond motifs is 3. The number of carbonyl (C=O) groups is 2. The largest absolute Gasteiger partial charge is 0.496 e. The first-order valence-electron chi connectivity index (χ1n) is 13.1. The lowest BCUT2D eigenvalue weighted by Gasteiger charge is -2.14. The maximum atomic E-state index is 12.8. The topological polar surface area (TPSA) is 52.6 Å². The Bertz CT molecular complexity index is 1230. The van der Waals surface area contributed by atoms with Crippen molar-refractivity contribution in [1.82, 2.24) is 0 Å². The van der Waals surface area contributed by atoms with E-state index in [1.165, 1.54) is 11.1 Å². The summed E-state index contributed by atoms with van der Waals surface area (Å²) in [4.78, 5) is 25.3. The van der Waals surface area contributed by atoms with Gasteiger partial charge in [0.15, 0.2) is 0 Å². The molecule has 0 aliphatic carbocycles. The third-order valence-corrected chi connectivity index (χ3v) is 6.72. The molecule has 0 radical (unpaired) electrons. The molecule has 0 amide bonds. The van der Waals surface area contributed by atoms with E-state index in [-0.39, 0.29) is 30.5 Å². The Hall–Kier alpha value is -2.98. The number of hydrogen-bond donors (Lipinski definition) is 0. The number of allylic oxidation sites excluding steroid dienone is 2. The molecule has 0 aliphatic heterocycles. The summed E-state index contributed by atoms with van der Waals surface area (Å²) in [5.74, 6) is 0.720. The summed E-state index contributed by atoms with van der Waals surface area (Å²) in [6.07, 6.45) is 7.69. The summed E-state index contributed by atoms with van der Waals surface area (Å²) >= 11 is 0. The molecule has 4 heteroatoms. The van der Waals surface area contributed by atoms with Gasteiger partial charge in [0.05, 0.1) is 19.6 Å². The van der Waals surface area contributed by atoms with E-state index in [1.54, 1.807) is 14.2 Å². The minimum Gasteiger partial charge on any atom is -0.496 e. The number of rotatable bonds is 14. The van der Waals surface area contributed by atoms with Crippen LogP contribution in [0.4, 0.5) is 0 Å². The van der Waals surface area contributed by atoms with Gasteiger partial charge in [-0.1, -0.05) is 68.2 Å². The first kappa shape index (κ1) is 27.6. The molecule has 0 N–H and O–H groups in total. The number of Topliss-reactive ketones (excluding diaryl/α,β-unsaturated/α-hetero) is 2. The lowest BCUT2D eigenvalue weighted by Crippen LogP contribution is -2.19. The van der Waals surface area contributed by atoms with Crippen molar-refractivity contribution in [1.29, 1.82) is 0 Å². The Morgan fingerprint density at radius 2 is 1.64 bits per heavy atom. The number of ether oxygens (including phenoxy) is 2. The van der Waals surface area contributed by atoms with E-state index in [0.717, 1.165) is 65.0 Å². The van der Waals surface area contributed by atoms with Crippen molar-refractivity contribution in [3.05, 3.63) is 65.2 Å². The summed E-state index contributed by atoms with van der Waals surface area (Å²) in [6.45, 7) is 6.37. The second kappa shape index (κ2) is 13.4. The number of unbranched alkanes of at least 4 members (excludes halogenated alkanes) is 2. The second-order valence-electron chi connectivity index (χ2n) is 9.99. The normalized spacial score (nSPS) is 12.0. The van der Waals surface area contributed by atoms with Crippen LogP contribution in [-0.4, -0.2) is 31.9 Å². The van der Waals surface area contributed by atoms with Crippen LogP contribution < -0.4 is 4.74 Å². The van der Waals surface area contributed by atoms with E-state index in [2.05, 4.69) is 57.2 Å². The molecule has 192 valence electrons. The van der Waals surface area contributed by atoms with Gasteiger partial charge in [-0.3, -0.25) is 9.59 Å². The van der Waals surface area contributed by atoms with Gasteiger partial charge in [-0.2, -0.15) is 0 Å². The molecular weight excluding hydrogens is 448 g/mol. The number of ketones is 2. The highest BCUT2D eigenvalue weighted by Crippen LogP contribution is 2.35. The van der Waals surface area contributed by atoms with Gasteiger partial charge < -0.3 is 9.47 Å². The highest BCUT2D eigenvalue weighted by Gasteiger charge is 2.17. The summed E-state index contributed by atoms with van der Waals surface area (Å²) < 4.78 is 11.2. The van der Waals surface area contributed by atoms with Gasteiger partial charge in [0.1, 0.15) is 17.3 Å². The minimum atomic E-state index is -0.0991. The van der Waals surface area contributed by atoms with Gasteiger partial charge in [0, 0.05) is 25.3 Å². The van der Waals surface area contributed by atoms with Gasteiger partial charge in [-0.15, -0.1) is 0 Å². The summed E-state index contributed by atoms with van der Waals surface area (Å²) in [5.41, 5.74) is 3.46. The van der Waals surface area contributed by atoms with Crippen LogP contribution in [0.25, 0.3) is 21.5 Å². The highest BCUT2D eigenvalue weighted by molar-refractivity contribution is 6.11. The van der Waals surface area contributed by atoms with E-state index in [9.17, 15) is 9.59 Å². The summed E-state index contributed by atoms with van der Waals surface area (Å²) in [7, 11) is 3.33. The molecule has 0 aliphatic rings. The predicted molar refractivity (Wildman–Crippen MR) is 149 cm³/mol. The Morgan fingerprint density at radius 1 is 0.889 bits per heavy atom. The van der Waals surface area contributed by atoms with E-state index in [0.29, 0.717) is 6.42 Å². The first-order chi connectivity index (χ1) is 17.3. The third kappa shape index (κ3) is 7.51. The van der Waals surface area contributed by atoms with Crippen LogP contribution >= 0.6 is 0 Å². The van der Waals surface area contributed by atoms with Crippen molar-refractivity contribution in [3.8, 4) is 5.75 Å². The lowest BCUT2D eigenvalue weighted by atomic mass is 9.95. The molecule has 3 aromatic rings. The zero-order valence-electron chi connectivity index (χ0n) is 22.5. The second-order valence-corrected chi connectivity index (χ2v) is 9.99. The minimum absolute atomic E-state index is 0.0415. The van der Waals surface area contributed by atoms with Gasteiger partial charge in [0.2, 0.25) is 0 Å². The summed E-state index contributed by atoms with van der Waals surface area (Å²) in [6, 6.07) is 14.7. The van der Waals surface area contributed by atoms with E-state index in [1.807, 2.05) is 12.1 Å². The van der Waals surface area contributed by atoms with Crippen molar-refractivity contribution in [2.45, 2.75) is 78.2 Å². The molecule has 0 saturated carbocycles. The van der Waals surface area contributed by atoms with E-state index >= 15 is 0 Å². The molecule has 3 aromatic carbocycles. The lowest BCUT2D eigenvalue weighted by molar-refractivity contribution is -0.128. The molecule has 0 saturated heterocycles. The van der Waals surface area contributed by atoms with Crippen LogP contribution in [0.2, 0.25) is 0 Å². The molecule has 0 bridgehead atoms. The highest BCUT2D eigenvalue weighted by atomic mass is 16.5. The Balaban J connectivity index is 1.78. The van der Waals surface area contributed by atoms with Crippen molar-refractivity contribution in [3.63, 3.8) is 0 Å². The molecule has 0 spiro atoms. The molecule has 36 heavy (non-hydrogen) atoms. The molecule has 0 unspecified atom stereocenters. The monoisotopic (exact) mass is 488 g/mol. The quantitative estimate of drug-likeness (QED) is 0.102. The Kier molecular flexibility index (Phi) is 10.2. The molecule has 3 rings (SSSR count). The zero-order chi connectivity index (χ0) is 26.1. The zero-order valence-corrected chi connectivity index (χ0v) is 22.5. The Morgan fingerprint density at radius 3 is 2.33 bits per heavy atom. The third-order valence-electron chi connectivity index (χ3n) is 6.72. The van der Waals surface area contributed by atoms with Crippen molar-refractivity contribution < 1.29 is 19.1 Å². The number of carbonyl (C=O) groups excluding carboxylic acids is 2. The van der Waals surface area contributed by atoms with Gasteiger partial charge in [-0.05, 0) is 66.1 Å².